The molecule has 1 atom stereocenters. The maximum atomic E-state index is 16.2. The van der Waals surface area contributed by atoms with E-state index in [-0.39, 0.29) is 0 Å². The van der Waals surface area contributed by atoms with Gasteiger partial charge in [-0.3, -0.25) is 0 Å². The van der Waals surface area contributed by atoms with Crippen LogP contribution in [0.1, 0.15) is 0 Å². The summed E-state index contributed by atoms with van der Waals surface area (Å²) in [6.07, 6.45) is 0. The Morgan fingerprint density at radius 2 is 1.06 bits per heavy atom. The lowest BCUT2D eigenvalue weighted by Gasteiger charge is -2.34. The van der Waals surface area contributed by atoms with Crippen LogP contribution in [0, 0.1) is 0 Å². The normalized spacial score (nSPS) is 11.4. The second kappa shape index (κ2) is 10.7. The molecular weight excluding hydrogens is 430 g/mol. The van der Waals surface area contributed by atoms with Crippen LogP contribution >= 0.6 is 9.39 Å². The average molecular weight is 457 g/mol. The maximum Gasteiger partial charge on any atom is 0.185 e. The first-order valence-corrected chi connectivity index (χ1v) is 11.1. The fourth-order valence-electron chi connectivity index (χ4n) is 3.44. The number of rotatable bonds is 8. The molecule has 0 aliphatic carbocycles. The van der Waals surface area contributed by atoms with Gasteiger partial charge in [0.25, 0.3) is 0 Å². The number of hydrogen-bond acceptors (Lipinski definition) is 4. The Morgan fingerprint density at radius 1 is 0.636 bits per heavy atom. The van der Waals surface area contributed by atoms with E-state index >= 15 is 4.48 Å². The molecule has 6 heteroatoms. The Kier molecular flexibility index (Phi) is 7.23. The highest BCUT2D eigenvalue weighted by atomic mass is 31.0. The van der Waals surface area contributed by atoms with Crippen molar-refractivity contribution >= 4 is 32.1 Å². The van der Waals surface area contributed by atoms with E-state index in [4.69, 9.17) is 0 Å². The summed E-state index contributed by atoms with van der Waals surface area (Å²) in [5.74, 6) is 0.880. The van der Waals surface area contributed by atoms with Gasteiger partial charge in [-0.05, 0) is 57.9 Å². The number of hydrogen-bond donors (Lipinski definition) is 1. The first-order chi connectivity index (χ1) is 16.1. The van der Waals surface area contributed by atoms with E-state index in [2.05, 4.69) is 14.7 Å². The zero-order valence-corrected chi connectivity index (χ0v) is 19.5. The minimum absolute atomic E-state index is 0.329. The summed E-state index contributed by atoms with van der Waals surface area (Å²) in [4.78, 5) is 1.83. The van der Waals surface area contributed by atoms with Crippen molar-refractivity contribution < 1.29 is 4.48 Å². The second-order valence-electron chi connectivity index (χ2n) is 7.38. The van der Waals surface area contributed by atoms with E-state index in [1.54, 1.807) is 12.1 Å². The van der Waals surface area contributed by atoms with Gasteiger partial charge in [0.2, 0.25) is 0 Å². The van der Waals surface area contributed by atoms with Crippen LogP contribution < -0.4 is 20.0 Å². The van der Waals surface area contributed by atoms with Gasteiger partial charge in [-0.25, -0.2) is 0 Å². The number of para-hydroxylation sites is 4. The van der Waals surface area contributed by atoms with Gasteiger partial charge in [-0.2, -0.15) is 5.12 Å². The third-order valence-corrected chi connectivity index (χ3v) is 5.71. The Hall–Kier alpha value is -3.82. The van der Waals surface area contributed by atoms with Crippen molar-refractivity contribution in [2.75, 3.05) is 27.1 Å². The molecule has 0 saturated carbocycles. The third kappa shape index (κ3) is 5.33. The van der Waals surface area contributed by atoms with Crippen molar-refractivity contribution in [1.82, 2.24) is 0 Å². The minimum atomic E-state index is 0.329. The molecule has 1 unspecified atom stereocenters. The predicted octanol–water partition coefficient (Wildman–Crippen LogP) is 7.05. The van der Waals surface area contributed by atoms with Gasteiger partial charge in [0.1, 0.15) is 0 Å². The molecule has 4 rings (SSSR count). The van der Waals surface area contributed by atoms with E-state index in [1.807, 2.05) is 126 Å². The molecule has 0 fully saturated rings. The largest absolute Gasteiger partial charge is 0.338 e. The first-order valence-electron chi connectivity index (χ1n) is 10.6. The summed E-state index contributed by atoms with van der Waals surface area (Å²) in [7, 11) is 4.57. The number of nitrogens with one attached hydrogen (secondary N) is 1. The molecule has 0 saturated heterocycles. The zero-order chi connectivity index (χ0) is 23.0. The lowest BCUT2D eigenvalue weighted by atomic mass is 10.2. The molecule has 4 aromatic rings. The molecule has 0 radical (unpaired) electrons. The molecular formula is C27H26FN4P. The summed E-state index contributed by atoms with van der Waals surface area (Å²) < 4.78 is 18.1. The average Bonchev–Trinajstić information content (AvgIpc) is 2.90. The van der Waals surface area contributed by atoms with Crippen LogP contribution in [0.4, 0.5) is 27.2 Å². The molecule has 0 aliphatic rings. The highest BCUT2D eigenvalue weighted by Gasteiger charge is 2.25. The quantitative estimate of drug-likeness (QED) is 0.227. The topological polar surface area (TPSA) is 21.8 Å². The highest BCUT2D eigenvalue weighted by molar-refractivity contribution is 7.19. The van der Waals surface area contributed by atoms with Crippen LogP contribution in [0.2, 0.25) is 0 Å². The van der Waals surface area contributed by atoms with E-state index in [0.29, 0.717) is 22.5 Å². The van der Waals surface area contributed by atoms with Crippen LogP contribution in [-0.2, 0) is 0 Å². The minimum Gasteiger partial charge on any atom is -0.338 e. The first kappa shape index (κ1) is 22.4. The van der Waals surface area contributed by atoms with Gasteiger partial charge in [-0.15, -0.1) is 0 Å². The van der Waals surface area contributed by atoms with Crippen molar-refractivity contribution in [3.05, 3.63) is 133 Å². The Bertz CT molecular complexity index is 1120. The van der Waals surface area contributed by atoms with Crippen LogP contribution in [0.5, 0.6) is 0 Å². The Balaban J connectivity index is 1.92. The number of anilines is 4. The lowest BCUT2D eigenvalue weighted by Crippen LogP contribution is -2.35. The van der Waals surface area contributed by atoms with Gasteiger partial charge in [0.05, 0.1) is 5.69 Å². The SMILES string of the molecule is CN(/C(=C(/Nc1ccccc1)N(P)c1ccccc1)N(F)c1ccccc1)c1ccccc1. The molecule has 0 heterocycles. The van der Waals surface area contributed by atoms with Crippen LogP contribution in [0.25, 0.3) is 0 Å². The van der Waals surface area contributed by atoms with E-state index in [1.165, 1.54) is 0 Å². The van der Waals surface area contributed by atoms with Crippen molar-refractivity contribution in [1.29, 1.82) is 0 Å². The Labute approximate surface area is 196 Å². The predicted molar refractivity (Wildman–Crippen MR) is 141 cm³/mol. The molecule has 0 amide bonds. The monoisotopic (exact) mass is 456 g/mol. The number of halogens is 1. The maximum absolute atomic E-state index is 16.2. The molecule has 4 aromatic carbocycles. The molecule has 1 N–H and O–H groups in total. The lowest BCUT2D eigenvalue weighted by molar-refractivity contribution is 0.470. The Morgan fingerprint density at radius 3 is 1.58 bits per heavy atom. The standard InChI is InChI=1S/C27H26FN4P/c1-30(23-16-8-3-9-17-23)27(31(28)24-18-10-4-11-19-24)26(29-22-14-6-2-7-15-22)32(33)25-20-12-5-13-21-25/h2-21,29H,33H2,1H3/b27-26+. The zero-order valence-electron chi connectivity index (χ0n) is 18.3. The van der Waals surface area contributed by atoms with E-state index in [9.17, 15) is 0 Å². The summed E-state index contributed by atoms with van der Waals surface area (Å²) >= 11 is 0. The van der Waals surface area contributed by atoms with E-state index in [0.717, 1.165) is 17.1 Å². The molecule has 33 heavy (non-hydrogen) atoms. The van der Waals surface area contributed by atoms with Crippen molar-refractivity contribution in [3.63, 3.8) is 0 Å². The van der Waals surface area contributed by atoms with Crippen molar-refractivity contribution in [3.8, 4) is 0 Å². The van der Waals surface area contributed by atoms with Crippen LogP contribution in [0.15, 0.2) is 133 Å². The summed E-state index contributed by atoms with van der Waals surface area (Å²) in [5.41, 5.74) is 3.01. The van der Waals surface area contributed by atoms with Gasteiger partial charge in [-0.1, -0.05) is 77.3 Å². The fourth-order valence-corrected chi connectivity index (χ4v) is 3.79. The van der Waals surface area contributed by atoms with E-state index < -0.39 is 0 Å². The van der Waals surface area contributed by atoms with Crippen molar-refractivity contribution in [2.24, 2.45) is 0 Å². The molecule has 4 nitrogen and oxygen atoms in total. The van der Waals surface area contributed by atoms with Gasteiger partial charge in [0.15, 0.2) is 11.6 Å². The summed E-state index contributed by atoms with van der Waals surface area (Å²) in [5, 5.41) is 4.15. The smallest absolute Gasteiger partial charge is 0.185 e. The number of benzene rings is 4. The molecule has 166 valence electrons. The van der Waals surface area contributed by atoms with Crippen LogP contribution in [0.3, 0.4) is 0 Å². The molecule has 0 aromatic heterocycles. The second-order valence-corrected chi connectivity index (χ2v) is 7.90. The number of nitrogens with zero attached hydrogens (tertiary/aromatic N) is 3. The van der Waals surface area contributed by atoms with Crippen LogP contribution in [-0.4, -0.2) is 7.05 Å². The molecule has 0 spiro atoms. The third-order valence-electron chi connectivity index (χ3n) is 5.15. The molecule has 0 aliphatic heterocycles. The van der Waals surface area contributed by atoms with Crippen molar-refractivity contribution in [2.45, 2.75) is 0 Å². The van der Waals surface area contributed by atoms with Gasteiger partial charge >= 0.3 is 0 Å². The van der Waals surface area contributed by atoms with Gasteiger partial charge in [0, 0.05) is 24.1 Å². The summed E-state index contributed by atoms with van der Waals surface area (Å²) in [6, 6.07) is 38.3. The summed E-state index contributed by atoms with van der Waals surface area (Å²) in [6.45, 7) is 0. The highest BCUT2D eigenvalue weighted by Crippen LogP contribution is 2.33. The van der Waals surface area contributed by atoms with Gasteiger partial charge < -0.3 is 14.9 Å². The fraction of sp³-hybridized carbons (Fsp3) is 0.0370. The molecule has 0 bridgehead atoms.